The first-order valence-corrected chi connectivity index (χ1v) is 10.7. The third-order valence-corrected chi connectivity index (χ3v) is 5.22. The van der Waals surface area contributed by atoms with Gasteiger partial charge in [0.15, 0.2) is 6.61 Å². The van der Waals surface area contributed by atoms with Crippen LogP contribution < -0.4 is 14.8 Å². The molecule has 0 saturated heterocycles. The van der Waals surface area contributed by atoms with Crippen LogP contribution >= 0.6 is 0 Å². The zero-order chi connectivity index (χ0) is 23.2. The van der Waals surface area contributed by atoms with Crippen LogP contribution in [0.1, 0.15) is 27.9 Å². The molecule has 1 amide bonds. The third kappa shape index (κ3) is 6.28. The number of hydrogen-bond acceptors (Lipinski definition) is 7. The van der Waals surface area contributed by atoms with Crippen LogP contribution in [0.25, 0.3) is 0 Å². The Bertz CT molecular complexity index is 1120. The van der Waals surface area contributed by atoms with Crippen molar-refractivity contribution in [3.63, 3.8) is 0 Å². The molecule has 0 radical (unpaired) electrons. The van der Waals surface area contributed by atoms with E-state index in [2.05, 4.69) is 0 Å². The molecule has 0 aromatic heterocycles. The first-order chi connectivity index (χ1) is 14.6. The fourth-order valence-electron chi connectivity index (χ4n) is 2.97. The summed E-state index contributed by atoms with van der Waals surface area (Å²) in [7, 11) is -2.75. The number of aryl methyl sites for hydroxylation is 2. The van der Waals surface area contributed by atoms with Crippen molar-refractivity contribution in [1.29, 1.82) is 5.26 Å². The van der Waals surface area contributed by atoms with Crippen molar-refractivity contribution < 1.29 is 27.5 Å². The predicted octanol–water partition coefficient (Wildman–Crippen LogP) is 2.06. The molecule has 164 valence electrons. The highest BCUT2D eigenvalue weighted by atomic mass is 32.2. The summed E-state index contributed by atoms with van der Waals surface area (Å²) >= 11 is 0. The molecule has 2 rings (SSSR count). The van der Waals surface area contributed by atoms with Crippen LogP contribution in [0.15, 0.2) is 41.3 Å². The Hall–Kier alpha value is -3.42. The number of esters is 1. The molecule has 2 aromatic carbocycles. The van der Waals surface area contributed by atoms with Gasteiger partial charge in [0, 0.05) is 12.2 Å². The van der Waals surface area contributed by atoms with Crippen molar-refractivity contribution >= 4 is 27.6 Å². The molecular weight excluding hydrogens is 422 g/mol. The normalized spacial score (nSPS) is 10.8. The summed E-state index contributed by atoms with van der Waals surface area (Å²) in [4.78, 5) is 26.4. The molecule has 0 fully saturated rings. The van der Waals surface area contributed by atoms with Crippen LogP contribution in [-0.4, -0.2) is 40.6 Å². The van der Waals surface area contributed by atoms with E-state index in [-0.39, 0.29) is 29.2 Å². The highest BCUT2D eigenvalue weighted by molar-refractivity contribution is 7.89. The lowest BCUT2D eigenvalue weighted by atomic mass is 10.1. The Balaban J connectivity index is 2.24. The Morgan fingerprint density at radius 2 is 1.77 bits per heavy atom. The highest BCUT2D eigenvalue weighted by Gasteiger charge is 2.22. The number of sulfonamides is 1. The predicted molar refractivity (Wildman–Crippen MR) is 113 cm³/mol. The van der Waals surface area contributed by atoms with E-state index in [1.807, 2.05) is 26.0 Å². The van der Waals surface area contributed by atoms with Crippen molar-refractivity contribution in [1.82, 2.24) is 0 Å². The number of carbonyl (C=O) groups excluding carboxylic acids is 2. The molecule has 0 bridgehead atoms. The number of carbonyl (C=O) groups is 2. The number of ether oxygens (including phenoxy) is 2. The van der Waals surface area contributed by atoms with Crippen molar-refractivity contribution in [2.24, 2.45) is 5.14 Å². The molecule has 0 unspecified atom stereocenters. The van der Waals surface area contributed by atoms with Gasteiger partial charge in [-0.2, -0.15) is 5.26 Å². The summed E-state index contributed by atoms with van der Waals surface area (Å²) in [6.07, 6.45) is 0.0942. The smallest absolute Gasteiger partial charge is 0.342 e. The number of nitrogens with zero attached hydrogens (tertiary/aromatic N) is 2. The SMILES string of the molecule is COc1ccc(S(N)(=O)=O)cc1C(=O)OCC(=O)N(CCC#N)c1cc(C)cc(C)c1. The molecule has 0 aliphatic carbocycles. The van der Waals surface area contributed by atoms with E-state index >= 15 is 0 Å². The van der Waals surface area contributed by atoms with Crippen LogP contribution in [0.4, 0.5) is 5.69 Å². The minimum atomic E-state index is -4.05. The number of nitrogens with two attached hydrogens (primary N) is 1. The third-order valence-electron chi connectivity index (χ3n) is 4.31. The van der Waals surface area contributed by atoms with Gasteiger partial charge in [0.1, 0.15) is 11.3 Å². The molecule has 0 spiro atoms. The van der Waals surface area contributed by atoms with Crippen molar-refractivity contribution in [3.8, 4) is 11.8 Å². The maximum Gasteiger partial charge on any atom is 0.342 e. The fourth-order valence-corrected chi connectivity index (χ4v) is 3.51. The molecule has 9 nitrogen and oxygen atoms in total. The first kappa shape index (κ1) is 23.9. The second-order valence-corrected chi connectivity index (χ2v) is 8.34. The second kappa shape index (κ2) is 10.1. The minimum absolute atomic E-state index is 0.0699. The molecule has 0 atom stereocenters. The molecule has 0 heterocycles. The first-order valence-electron chi connectivity index (χ1n) is 9.20. The molecule has 2 N–H and O–H groups in total. The van der Waals surface area contributed by atoms with Crippen molar-refractivity contribution in [2.75, 3.05) is 25.2 Å². The topological polar surface area (TPSA) is 140 Å². The molecule has 0 aliphatic heterocycles. The van der Waals surface area contributed by atoms with Gasteiger partial charge in [-0.1, -0.05) is 6.07 Å². The van der Waals surface area contributed by atoms with Gasteiger partial charge in [-0.15, -0.1) is 0 Å². The summed E-state index contributed by atoms with van der Waals surface area (Å²) in [5.74, 6) is -1.41. The van der Waals surface area contributed by atoms with E-state index in [1.54, 1.807) is 12.1 Å². The molecule has 0 aliphatic rings. The Labute approximate surface area is 181 Å². The van der Waals surface area contributed by atoms with Crippen molar-refractivity contribution in [2.45, 2.75) is 25.2 Å². The van der Waals surface area contributed by atoms with Gasteiger partial charge in [0.25, 0.3) is 5.91 Å². The maximum absolute atomic E-state index is 12.8. The highest BCUT2D eigenvalue weighted by Crippen LogP contribution is 2.23. The van der Waals surface area contributed by atoms with Gasteiger partial charge in [0.2, 0.25) is 10.0 Å². The van der Waals surface area contributed by atoms with E-state index in [0.717, 1.165) is 17.2 Å². The van der Waals surface area contributed by atoms with Crippen molar-refractivity contribution in [3.05, 3.63) is 53.1 Å². The second-order valence-electron chi connectivity index (χ2n) is 6.78. The van der Waals surface area contributed by atoms with Crippen LogP contribution in [0.5, 0.6) is 5.75 Å². The zero-order valence-corrected chi connectivity index (χ0v) is 18.2. The summed E-state index contributed by atoms with van der Waals surface area (Å²) < 4.78 is 33.3. The van der Waals surface area contributed by atoms with Gasteiger partial charge in [-0.05, 0) is 55.3 Å². The summed E-state index contributed by atoms with van der Waals surface area (Å²) in [6.45, 7) is 3.28. The van der Waals surface area contributed by atoms with E-state index in [1.165, 1.54) is 24.1 Å². The zero-order valence-electron chi connectivity index (χ0n) is 17.4. The van der Waals surface area contributed by atoms with Gasteiger partial charge >= 0.3 is 5.97 Å². The van der Waals surface area contributed by atoms with E-state index in [4.69, 9.17) is 19.9 Å². The lowest BCUT2D eigenvalue weighted by Gasteiger charge is -2.22. The molecule has 10 heteroatoms. The number of rotatable bonds is 8. The molecule has 0 saturated carbocycles. The van der Waals surface area contributed by atoms with Gasteiger partial charge < -0.3 is 14.4 Å². The number of primary sulfonamides is 1. The van der Waals surface area contributed by atoms with E-state index in [0.29, 0.717) is 5.69 Å². The Kier molecular flexibility index (Phi) is 7.74. The molecule has 31 heavy (non-hydrogen) atoms. The van der Waals surface area contributed by atoms with Crippen LogP contribution in [0.2, 0.25) is 0 Å². The number of methoxy groups -OCH3 is 1. The lowest BCUT2D eigenvalue weighted by molar-refractivity contribution is -0.121. The van der Waals surface area contributed by atoms with Gasteiger partial charge in [-0.25, -0.2) is 18.4 Å². The summed E-state index contributed by atoms with van der Waals surface area (Å²) in [6, 6.07) is 11.0. The number of amides is 1. The fraction of sp³-hybridized carbons (Fsp3) is 0.286. The standard InChI is InChI=1S/C21H23N3O6S/c1-14-9-15(2)11-16(10-14)24(8-4-7-22)20(25)13-30-21(26)18-12-17(31(23,27)28)5-6-19(18)29-3/h5-6,9-12H,4,8,13H2,1-3H3,(H2,23,27,28). The van der Waals surface area contributed by atoms with E-state index in [9.17, 15) is 18.0 Å². The Morgan fingerprint density at radius 1 is 1.13 bits per heavy atom. The van der Waals surface area contributed by atoms with Crippen LogP contribution in [0.3, 0.4) is 0 Å². The summed E-state index contributed by atoms with van der Waals surface area (Å²) in [5.41, 5.74) is 2.27. The van der Waals surface area contributed by atoms with Gasteiger partial charge in [0.05, 0.1) is 24.5 Å². The number of nitriles is 1. The average molecular weight is 445 g/mol. The Morgan fingerprint density at radius 3 is 2.32 bits per heavy atom. The average Bonchev–Trinajstić information content (AvgIpc) is 2.70. The van der Waals surface area contributed by atoms with Crippen LogP contribution in [0, 0.1) is 25.2 Å². The van der Waals surface area contributed by atoms with E-state index < -0.39 is 28.5 Å². The van der Waals surface area contributed by atoms with Crippen LogP contribution in [-0.2, 0) is 19.6 Å². The molecular formula is C21H23N3O6S. The molecule has 2 aromatic rings. The summed E-state index contributed by atoms with van der Waals surface area (Å²) in [5, 5.41) is 14.0. The minimum Gasteiger partial charge on any atom is -0.496 e. The quantitative estimate of drug-likeness (QED) is 0.613. The number of hydrogen-bond donors (Lipinski definition) is 1. The lowest BCUT2D eigenvalue weighted by Crippen LogP contribution is -2.35. The van der Waals surface area contributed by atoms with Gasteiger partial charge in [-0.3, -0.25) is 4.79 Å². The largest absolute Gasteiger partial charge is 0.496 e. The maximum atomic E-state index is 12.8. The number of benzene rings is 2. The monoisotopic (exact) mass is 445 g/mol. The number of anilines is 1.